The summed E-state index contributed by atoms with van der Waals surface area (Å²) in [5.41, 5.74) is 1.08. The summed E-state index contributed by atoms with van der Waals surface area (Å²) in [6.45, 7) is 5.35. The summed E-state index contributed by atoms with van der Waals surface area (Å²) < 4.78 is 0. The Labute approximate surface area is 121 Å². The average molecular weight is 272 g/mol. The summed E-state index contributed by atoms with van der Waals surface area (Å²) in [5, 5.41) is 3.37. The molecule has 1 aliphatic heterocycles. The number of carbonyl (C=O) groups is 1. The highest BCUT2D eigenvalue weighted by molar-refractivity contribution is 5.85. The maximum atomic E-state index is 12.7. The SMILES string of the molecule is CC1CCC(N2CNC(c3ccccc3)C2=O)CC1C. The zero-order valence-corrected chi connectivity index (χ0v) is 12.4. The van der Waals surface area contributed by atoms with Crippen molar-refractivity contribution < 1.29 is 4.79 Å². The summed E-state index contributed by atoms with van der Waals surface area (Å²) in [4.78, 5) is 14.7. The summed E-state index contributed by atoms with van der Waals surface area (Å²) in [5.74, 6) is 1.77. The predicted molar refractivity (Wildman–Crippen MR) is 80.0 cm³/mol. The maximum Gasteiger partial charge on any atom is 0.245 e. The molecule has 1 amide bonds. The fraction of sp³-hybridized carbons (Fsp3) is 0.588. The van der Waals surface area contributed by atoms with E-state index in [4.69, 9.17) is 0 Å². The molecule has 0 aromatic heterocycles. The summed E-state index contributed by atoms with van der Waals surface area (Å²) in [6, 6.07) is 10.3. The first-order valence-electron chi connectivity index (χ1n) is 7.75. The van der Waals surface area contributed by atoms with Gasteiger partial charge < -0.3 is 4.90 Å². The van der Waals surface area contributed by atoms with Crippen molar-refractivity contribution in [3.05, 3.63) is 35.9 Å². The molecule has 1 aromatic rings. The molecule has 1 saturated carbocycles. The van der Waals surface area contributed by atoms with E-state index < -0.39 is 0 Å². The van der Waals surface area contributed by atoms with Crippen molar-refractivity contribution in [2.24, 2.45) is 11.8 Å². The third-order valence-electron chi connectivity index (χ3n) is 5.14. The van der Waals surface area contributed by atoms with Gasteiger partial charge in [-0.05, 0) is 36.7 Å². The molecular formula is C17H24N2O. The highest BCUT2D eigenvalue weighted by Gasteiger charge is 2.38. The Hall–Kier alpha value is -1.35. The van der Waals surface area contributed by atoms with Crippen LogP contribution in [-0.4, -0.2) is 23.5 Å². The Balaban J connectivity index is 1.70. The van der Waals surface area contributed by atoms with E-state index >= 15 is 0 Å². The molecule has 4 unspecified atom stereocenters. The Bertz CT molecular complexity index is 473. The van der Waals surface area contributed by atoms with E-state index in [2.05, 4.69) is 24.1 Å². The van der Waals surface area contributed by atoms with Gasteiger partial charge >= 0.3 is 0 Å². The van der Waals surface area contributed by atoms with Crippen LogP contribution in [0.4, 0.5) is 0 Å². The predicted octanol–water partition coefficient (Wildman–Crippen LogP) is 2.94. The minimum absolute atomic E-state index is 0.147. The van der Waals surface area contributed by atoms with Crippen molar-refractivity contribution in [3.8, 4) is 0 Å². The number of benzene rings is 1. The minimum Gasteiger partial charge on any atom is -0.325 e. The second kappa shape index (κ2) is 5.57. The Morgan fingerprint density at radius 2 is 1.85 bits per heavy atom. The van der Waals surface area contributed by atoms with E-state index in [1.807, 2.05) is 30.3 Å². The third-order valence-corrected chi connectivity index (χ3v) is 5.14. The molecule has 0 bridgehead atoms. The number of hydrogen-bond acceptors (Lipinski definition) is 2. The van der Waals surface area contributed by atoms with Gasteiger partial charge in [0.1, 0.15) is 6.04 Å². The summed E-state index contributed by atoms with van der Waals surface area (Å²) in [7, 11) is 0. The molecule has 0 spiro atoms. The molecule has 1 N–H and O–H groups in total. The maximum absolute atomic E-state index is 12.7. The van der Waals surface area contributed by atoms with E-state index in [-0.39, 0.29) is 11.9 Å². The van der Waals surface area contributed by atoms with Crippen LogP contribution in [0.15, 0.2) is 30.3 Å². The molecule has 1 saturated heterocycles. The first kappa shape index (κ1) is 13.6. The molecule has 1 aliphatic carbocycles. The fourth-order valence-electron chi connectivity index (χ4n) is 3.54. The van der Waals surface area contributed by atoms with E-state index in [0.29, 0.717) is 12.7 Å². The van der Waals surface area contributed by atoms with Gasteiger partial charge in [0.25, 0.3) is 0 Å². The molecule has 1 aromatic carbocycles. The molecule has 0 radical (unpaired) electrons. The zero-order valence-electron chi connectivity index (χ0n) is 12.4. The largest absolute Gasteiger partial charge is 0.325 e. The van der Waals surface area contributed by atoms with Crippen LogP contribution in [-0.2, 0) is 4.79 Å². The van der Waals surface area contributed by atoms with Crippen LogP contribution in [0.2, 0.25) is 0 Å². The first-order chi connectivity index (χ1) is 9.66. The monoisotopic (exact) mass is 272 g/mol. The Kier molecular flexibility index (Phi) is 3.79. The molecule has 1 heterocycles. The van der Waals surface area contributed by atoms with Crippen LogP contribution in [0.3, 0.4) is 0 Å². The molecule has 3 rings (SSSR count). The topological polar surface area (TPSA) is 32.3 Å². The highest BCUT2D eigenvalue weighted by Crippen LogP contribution is 2.34. The lowest BCUT2D eigenvalue weighted by Gasteiger charge is -2.37. The smallest absolute Gasteiger partial charge is 0.245 e. The van der Waals surface area contributed by atoms with Gasteiger partial charge in [0.05, 0.1) is 6.67 Å². The fourth-order valence-corrected chi connectivity index (χ4v) is 3.54. The number of rotatable bonds is 2. The molecule has 20 heavy (non-hydrogen) atoms. The standard InChI is InChI=1S/C17H24N2O/c1-12-8-9-15(10-13(12)2)19-11-18-16(17(19)20)14-6-4-3-5-7-14/h3-7,12-13,15-16,18H,8-11H2,1-2H3. The van der Waals surface area contributed by atoms with Crippen LogP contribution < -0.4 is 5.32 Å². The number of hydrogen-bond donors (Lipinski definition) is 1. The van der Waals surface area contributed by atoms with Crippen LogP contribution in [0, 0.1) is 11.8 Å². The van der Waals surface area contributed by atoms with Crippen molar-refractivity contribution in [3.63, 3.8) is 0 Å². The minimum atomic E-state index is -0.147. The quantitative estimate of drug-likeness (QED) is 0.897. The lowest BCUT2D eigenvalue weighted by Crippen LogP contribution is -2.41. The molecular weight excluding hydrogens is 248 g/mol. The van der Waals surface area contributed by atoms with E-state index in [1.165, 1.54) is 6.42 Å². The zero-order chi connectivity index (χ0) is 14.1. The summed E-state index contributed by atoms with van der Waals surface area (Å²) in [6.07, 6.45) is 3.54. The third kappa shape index (κ3) is 2.47. The molecule has 2 fully saturated rings. The molecule has 108 valence electrons. The van der Waals surface area contributed by atoms with Crippen LogP contribution in [0.5, 0.6) is 0 Å². The van der Waals surface area contributed by atoms with E-state index in [9.17, 15) is 4.79 Å². The van der Waals surface area contributed by atoms with E-state index in [1.54, 1.807) is 0 Å². The number of amides is 1. The van der Waals surface area contributed by atoms with E-state index in [0.717, 1.165) is 30.2 Å². The lowest BCUT2D eigenvalue weighted by atomic mass is 9.78. The molecule has 2 aliphatic rings. The van der Waals surface area contributed by atoms with Gasteiger partial charge in [0.2, 0.25) is 5.91 Å². The average Bonchev–Trinajstić information content (AvgIpc) is 2.85. The van der Waals surface area contributed by atoms with Crippen molar-refractivity contribution >= 4 is 5.91 Å². The van der Waals surface area contributed by atoms with Gasteiger partial charge in [-0.15, -0.1) is 0 Å². The van der Waals surface area contributed by atoms with Gasteiger partial charge in [-0.25, -0.2) is 0 Å². The van der Waals surface area contributed by atoms with Crippen molar-refractivity contribution in [1.29, 1.82) is 0 Å². The highest BCUT2D eigenvalue weighted by atomic mass is 16.2. The van der Waals surface area contributed by atoms with Gasteiger partial charge in [-0.1, -0.05) is 44.2 Å². The van der Waals surface area contributed by atoms with Crippen LogP contribution in [0.25, 0.3) is 0 Å². The number of nitrogens with zero attached hydrogens (tertiary/aromatic N) is 1. The molecule has 3 nitrogen and oxygen atoms in total. The van der Waals surface area contributed by atoms with Crippen LogP contribution in [0.1, 0.15) is 44.7 Å². The van der Waals surface area contributed by atoms with Gasteiger partial charge in [-0.2, -0.15) is 0 Å². The Morgan fingerprint density at radius 1 is 1.10 bits per heavy atom. The second-order valence-electron chi connectivity index (χ2n) is 6.44. The van der Waals surface area contributed by atoms with Gasteiger partial charge in [-0.3, -0.25) is 10.1 Å². The van der Waals surface area contributed by atoms with Gasteiger partial charge in [0.15, 0.2) is 0 Å². The van der Waals surface area contributed by atoms with Crippen molar-refractivity contribution in [2.45, 2.75) is 45.2 Å². The van der Waals surface area contributed by atoms with Gasteiger partial charge in [0, 0.05) is 6.04 Å². The molecule has 3 heteroatoms. The summed E-state index contributed by atoms with van der Waals surface area (Å²) >= 11 is 0. The van der Waals surface area contributed by atoms with Crippen LogP contribution >= 0.6 is 0 Å². The normalized spacial score (nSPS) is 34.5. The van der Waals surface area contributed by atoms with Crippen molar-refractivity contribution in [1.82, 2.24) is 10.2 Å². The number of nitrogens with one attached hydrogen (secondary N) is 1. The molecule has 4 atom stereocenters. The first-order valence-corrected chi connectivity index (χ1v) is 7.75. The lowest BCUT2D eigenvalue weighted by molar-refractivity contribution is -0.132. The number of carbonyl (C=O) groups excluding carboxylic acids is 1. The van der Waals surface area contributed by atoms with Crippen molar-refractivity contribution in [2.75, 3.05) is 6.67 Å². The Morgan fingerprint density at radius 3 is 2.55 bits per heavy atom. The second-order valence-corrected chi connectivity index (χ2v) is 6.44.